The fourth-order valence-corrected chi connectivity index (χ4v) is 12.3. The van der Waals surface area contributed by atoms with Crippen molar-refractivity contribution in [3.63, 3.8) is 0 Å². The predicted octanol–water partition coefficient (Wildman–Crippen LogP) is 13.4. The number of fused-ring (bicyclic) bond motifs is 3. The van der Waals surface area contributed by atoms with E-state index < -0.39 is 0 Å². The van der Waals surface area contributed by atoms with Crippen molar-refractivity contribution < 1.29 is 0 Å². The van der Waals surface area contributed by atoms with Crippen LogP contribution >= 0.6 is 0 Å². The average Bonchev–Trinajstić information content (AvgIpc) is 3.66. The number of hydrogen-bond donors (Lipinski definition) is 0. The number of nitrogens with zero attached hydrogens (tertiary/aromatic N) is 6. The molecule has 0 N–H and O–H groups in total. The van der Waals surface area contributed by atoms with Gasteiger partial charge >= 0.3 is 0 Å². The lowest BCUT2D eigenvalue weighted by molar-refractivity contribution is -0.0399. The molecule has 0 unspecified atom stereocenters. The second-order valence-electron chi connectivity index (χ2n) is 18.3. The van der Waals surface area contributed by atoms with Crippen molar-refractivity contribution in [3.8, 4) is 90.6 Å². The molecule has 6 heteroatoms. The molecule has 306 valence electrons. The van der Waals surface area contributed by atoms with Crippen LogP contribution < -0.4 is 0 Å². The molecule has 5 aliphatic carbocycles. The fraction of sp³-hybridized carbons (Fsp3) is 0.172. The number of benzene rings is 7. The van der Waals surface area contributed by atoms with Crippen molar-refractivity contribution in [3.05, 3.63) is 193 Å². The fourth-order valence-electron chi connectivity index (χ4n) is 12.3. The summed E-state index contributed by atoms with van der Waals surface area (Å²) in [6.07, 6.45) is 6.59. The third-order valence-electron chi connectivity index (χ3n) is 14.8. The number of hydrogen-bond acceptors (Lipinski definition) is 6. The summed E-state index contributed by atoms with van der Waals surface area (Å²) in [5.74, 6) is 6.91. The van der Waals surface area contributed by atoms with E-state index in [1.165, 1.54) is 59.9 Å². The molecule has 2 heterocycles. The van der Waals surface area contributed by atoms with Gasteiger partial charge in [-0.3, -0.25) is 0 Å². The van der Waals surface area contributed by atoms with Gasteiger partial charge in [-0.15, -0.1) is 0 Å². The highest BCUT2D eigenvalue weighted by molar-refractivity contribution is 5.94. The molecule has 0 aliphatic heterocycles. The minimum Gasteiger partial charge on any atom is -0.208 e. The Morgan fingerprint density at radius 2 is 0.688 bits per heavy atom. The van der Waals surface area contributed by atoms with Gasteiger partial charge in [0.2, 0.25) is 0 Å². The van der Waals surface area contributed by atoms with Gasteiger partial charge in [0.15, 0.2) is 34.9 Å². The Balaban J connectivity index is 0.982. The zero-order valence-electron chi connectivity index (χ0n) is 35.3. The molecule has 9 aromatic rings. The lowest BCUT2D eigenvalue weighted by atomic mass is 9.43. The van der Waals surface area contributed by atoms with E-state index in [9.17, 15) is 0 Å². The molecule has 7 aromatic carbocycles. The van der Waals surface area contributed by atoms with Crippen molar-refractivity contribution in [2.45, 2.75) is 37.5 Å². The van der Waals surface area contributed by atoms with Crippen molar-refractivity contribution in [2.75, 3.05) is 0 Å². The predicted molar refractivity (Wildman–Crippen MR) is 255 cm³/mol. The van der Waals surface area contributed by atoms with Crippen LogP contribution in [0.1, 0.15) is 43.2 Å². The van der Waals surface area contributed by atoms with E-state index in [4.69, 9.17) is 29.9 Å². The SMILES string of the molecule is c1ccc(-c2nc(-c3ccccc3)nc(-c3cccc(-c4cccc5c4-c4ccc(-c6nc(-c7ccccc7)nc(-c7ccccc7)n6)cc4C54C5CC6CC(C5)CC4C6)c3)n2)cc1. The third-order valence-corrected chi connectivity index (χ3v) is 14.8. The summed E-state index contributed by atoms with van der Waals surface area (Å²) in [5.41, 5.74) is 13.9. The van der Waals surface area contributed by atoms with E-state index in [2.05, 4.69) is 109 Å². The van der Waals surface area contributed by atoms with E-state index in [0.717, 1.165) is 50.8 Å². The Morgan fingerprint density at radius 3 is 1.16 bits per heavy atom. The van der Waals surface area contributed by atoms with Crippen molar-refractivity contribution >= 4 is 0 Å². The Bertz CT molecular complexity index is 3080. The Morgan fingerprint density at radius 1 is 0.297 bits per heavy atom. The standard InChI is InChI=1S/C58H44N6/c1-5-15-38(16-6-1)52-59-53(39-17-7-2-8-18-39)62-56(61-52)43-24-13-23-42(34-43)47-25-14-26-49-51(47)48-28-27-44(35-50(48)58(49)45-30-36-29-37(32-45)33-46(58)31-36)57-63-54(40-19-9-3-10-20-40)60-55(64-57)41-21-11-4-12-22-41/h1-28,34-37,45-46H,29-33H2. The maximum Gasteiger partial charge on any atom is 0.164 e. The topological polar surface area (TPSA) is 77.3 Å². The maximum absolute atomic E-state index is 5.21. The summed E-state index contributed by atoms with van der Waals surface area (Å²) in [6, 6.07) is 64.1. The normalized spacial score (nSPS) is 21.2. The van der Waals surface area contributed by atoms with Gasteiger partial charge in [0, 0.05) is 38.8 Å². The largest absolute Gasteiger partial charge is 0.208 e. The van der Waals surface area contributed by atoms with Crippen LogP contribution in [0.4, 0.5) is 0 Å². The van der Waals surface area contributed by atoms with Gasteiger partial charge < -0.3 is 0 Å². The van der Waals surface area contributed by atoms with Crippen molar-refractivity contribution in [2.24, 2.45) is 23.7 Å². The van der Waals surface area contributed by atoms with Crippen LogP contribution in [0.5, 0.6) is 0 Å². The minimum atomic E-state index is -0.0668. The Labute approximate surface area is 373 Å². The molecular formula is C58H44N6. The van der Waals surface area contributed by atoms with Crippen LogP contribution in [0.25, 0.3) is 90.6 Å². The minimum absolute atomic E-state index is 0.0668. The lowest BCUT2D eigenvalue weighted by Gasteiger charge is -2.61. The summed E-state index contributed by atoms with van der Waals surface area (Å²) >= 11 is 0. The molecule has 5 aliphatic rings. The van der Waals surface area contributed by atoms with Crippen LogP contribution in [0.15, 0.2) is 182 Å². The third kappa shape index (κ3) is 6.00. The Kier molecular flexibility index (Phi) is 8.61. The summed E-state index contributed by atoms with van der Waals surface area (Å²) in [4.78, 5) is 30.7. The van der Waals surface area contributed by atoms with Gasteiger partial charge in [-0.25, -0.2) is 29.9 Å². The zero-order valence-corrected chi connectivity index (χ0v) is 35.3. The second-order valence-corrected chi connectivity index (χ2v) is 18.3. The molecule has 0 atom stereocenters. The molecule has 64 heavy (non-hydrogen) atoms. The van der Waals surface area contributed by atoms with Crippen molar-refractivity contribution in [1.29, 1.82) is 0 Å². The van der Waals surface area contributed by atoms with Crippen LogP contribution in [0.2, 0.25) is 0 Å². The highest BCUT2D eigenvalue weighted by Gasteiger charge is 2.61. The highest BCUT2D eigenvalue weighted by Crippen LogP contribution is 2.70. The molecule has 0 saturated heterocycles. The summed E-state index contributed by atoms with van der Waals surface area (Å²) in [5, 5.41) is 0. The number of rotatable bonds is 7. The molecular weight excluding hydrogens is 781 g/mol. The first-order valence-corrected chi connectivity index (χ1v) is 22.8. The van der Waals surface area contributed by atoms with Crippen molar-refractivity contribution in [1.82, 2.24) is 29.9 Å². The first kappa shape index (κ1) is 37.1. The van der Waals surface area contributed by atoms with Gasteiger partial charge in [0.25, 0.3) is 0 Å². The van der Waals surface area contributed by atoms with Gasteiger partial charge in [0.05, 0.1) is 0 Å². The van der Waals surface area contributed by atoms with Gasteiger partial charge in [-0.2, -0.15) is 0 Å². The molecule has 4 fully saturated rings. The second kappa shape index (κ2) is 14.8. The molecule has 6 nitrogen and oxygen atoms in total. The number of aromatic nitrogens is 6. The molecule has 0 radical (unpaired) electrons. The van der Waals surface area contributed by atoms with Crippen LogP contribution in [0, 0.1) is 23.7 Å². The maximum atomic E-state index is 5.21. The van der Waals surface area contributed by atoms with Gasteiger partial charge in [-0.05, 0) is 101 Å². The van der Waals surface area contributed by atoms with E-state index in [1.807, 2.05) is 72.8 Å². The van der Waals surface area contributed by atoms with Crippen LogP contribution in [-0.4, -0.2) is 29.9 Å². The molecule has 14 rings (SSSR count). The van der Waals surface area contributed by atoms with Gasteiger partial charge in [-0.1, -0.05) is 170 Å². The monoisotopic (exact) mass is 824 g/mol. The molecule has 1 spiro atoms. The summed E-state index contributed by atoms with van der Waals surface area (Å²) in [6.45, 7) is 0. The quantitative estimate of drug-likeness (QED) is 0.159. The van der Waals surface area contributed by atoms with Gasteiger partial charge in [0.1, 0.15) is 0 Å². The van der Waals surface area contributed by atoms with E-state index in [0.29, 0.717) is 46.8 Å². The Hall–Kier alpha value is -7.44. The first-order valence-electron chi connectivity index (χ1n) is 22.8. The summed E-state index contributed by atoms with van der Waals surface area (Å²) < 4.78 is 0. The molecule has 4 saturated carbocycles. The van der Waals surface area contributed by atoms with Crippen LogP contribution in [-0.2, 0) is 5.41 Å². The zero-order chi connectivity index (χ0) is 42.2. The average molecular weight is 825 g/mol. The molecule has 2 aromatic heterocycles. The summed E-state index contributed by atoms with van der Waals surface area (Å²) in [7, 11) is 0. The highest BCUT2D eigenvalue weighted by atomic mass is 15.0. The smallest absolute Gasteiger partial charge is 0.164 e. The molecule has 0 amide bonds. The van der Waals surface area contributed by atoms with E-state index in [1.54, 1.807) is 0 Å². The van der Waals surface area contributed by atoms with E-state index in [-0.39, 0.29) is 5.41 Å². The van der Waals surface area contributed by atoms with Crippen LogP contribution in [0.3, 0.4) is 0 Å². The molecule has 4 bridgehead atoms. The lowest BCUT2D eigenvalue weighted by Crippen LogP contribution is -2.55. The first-order chi connectivity index (χ1) is 31.7. The van der Waals surface area contributed by atoms with E-state index >= 15 is 0 Å².